The third-order valence-corrected chi connectivity index (χ3v) is 11.0. The lowest BCUT2D eigenvalue weighted by Crippen LogP contribution is -2.51. The van der Waals surface area contributed by atoms with E-state index in [1.54, 1.807) is 25.4 Å². The quantitative estimate of drug-likeness (QED) is 0.241. The molecule has 12 heteroatoms. The molecule has 2 bridgehead atoms. The summed E-state index contributed by atoms with van der Waals surface area (Å²) in [6.07, 6.45) is 7.96. The van der Waals surface area contributed by atoms with Crippen molar-refractivity contribution >= 4 is 33.6 Å². The Bertz CT molecular complexity index is 1880. The Morgan fingerprint density at radius 1 is 1.17 bits per heavy atom. The van der Waals surface area contributed by atoms with E-state index >= 15 is 4.39 Å². The monoisotopic (exact) mass is 655 g/mol. The number of rotatable bonds is 8. The van der Waals surface area contributed by atoms with Crippen LogP contribution in [-0.4, -0.2) is 94.6 Å². The van der Waals surface area contributed by atoms with Gasteiger partial charge in [-0.25, -0.2) is 9.18 Å². The predicted molar refractivity (Wildman–Crippen MR) is 181 cm³/mol. The number of nitrogens with one attached hydrogen (secondary N) is 2. The van der Waals surface area contributed by atoms with Crippen molar-refractivity contribution in [1.82, 2.24) is 30.5 Å². The molecule has 0 aliphatic carbocycles. The van der Waals surface area contributed by atoms with Crippen LogP contribution in [-0.2, 0) is 11.2 Å². The number of hydrogen-bond donors (Lipinski definition) is 3. The number of carbonyl (C=O) groups excluding carboxylic acids is 1. The number of benzene rings is 2. The number of ether oxygens (including phenoxy) is 2. The number of amides is 1. The first kappa shape index (κ1) is 31.0. The zero-order valence-electron chi connectivity index (χ0n) is 27.5. The van der Waals surface area contributed by atoms with E-state index < -0.39 is 11.9 Å². The highest BCUT2D eigenvalue weighted by Crippen LogP contribution is 2.43. The Hall–Kier alpha value is -4.29. The smallest absolute Gasteiger partial charge is 0.406 e. The number of aromatic nitrogens is 3. The molecular weight excluding hydrogens is 613 g/mol. The molecular formula is C36H42FN7O4. The summed E-state index contributed by atoms with van der Waals surface area (Å²) in [6.45, 7) is 5.16. The molecule has 8 rings (SSSR count). The second-order valence-corrected chi connectivity index (χ2v) is 13.8. The Labute approximate surface area is 278 Å². The zero-order chi connectivity index (χ0) is 33.0. The Morgan fingerprint density at radius 3 is 2.79 bits per heavy atom. The molecule has 3 N–H and O–H groups in total. The van der Waals surface area contributed by atoms with E-state index in [1.165, 1.54) is 0 Å². The number of anilines is 1. The summed E-state index contributed by atoms with van der Waals surface area (Å²) in [5.41, 5.74) is 1.64. The molecule has 3 unspecified atom stereocenters. The van der Waals surface area contributed by atoms with Crippen molar-refractivity contribution in [1.29, 1.82) is 0 Å². The second-order valence-electron chi connectivity index (χ2n) is 13.8. The first-order chi connectivity index (χ1) is 23.4. The third-order valence-electron chi connectivity index (χ3n) is 11.0. The molecule has 4 fully saturated rings. The van der Waals surface area contributed by atoms with Crippen LogP contribution in [0.25, 0.3) is 32.9 Å². The number of aryl methyl sites for hydroxylation is 1. The Kier molecular flexibility index (Phi) is 7.95. The minimum atomic E-state index is -0.565. The van der Waals surface area contributed by atoms with Gasteiger partial charge in [0.05, 0.1) is 10.9 Å². The van der Waals surface area contributed by atoms with Gasteiger partial charge in [-0.2, -0.15) is 9.97 Å². The molecule has 4 aliphatic heterocycles. The molecule has 0 saturated carbocycles. The molecule has 11 nitrogen and oxygen atoms in total. The lowest BCUT2D eigenvalue weighted by molar-refractivity contribution is 0.0556. The topological polar surface area (TPSA) is 125 Å². The van der Waals surface area contributed by atoms with Gasteiger partial charge in [0.15, 0.2) is 5.82 Å². The third kappa shape index (κ3) is 5.35. The standard InChI is InChI=1S/C36H42FN7O4/c1-3-21-6-4-7-22-14-26(45)15-27(29(21)22)31-30(37)32-28(16-39-31)33(43-17-23-8-9-24(18-43)40-23)42-34(41-32)48-20-36-11-5-13-44(36)25(10-12-36)19-47-35(46)38-2/h4,6-7,14-16,23-25,40,45H,3,5,8-13,17-20H2,1-2H3,(H,38,46)/t23?,24?,25?,36-/m1/s1. The van der Waals surface area contributed by atoms with Crippen molar-refractivity contribution in [3.8, 4) is 23.0 Å². The molecule has 252 valence electrons. The molecule has 4 aliphatic rings. The molecule has 48 heavy (non-hydrogen) atoms. The van der Waals surface area contributed by atoms with E-state index in [-0.39, 0.29) is 34.6 Å². The number of aromatic hydroxyl groups is 1. The molecule has 4 atom stereocenters. The van der Waals surface area contributed by atoms with Crippen molar-refractivity contribution in [3.05, 3.63) is 47.9 Å². The molecule has 0 spiro atoms. The average Bonchev–Trinajstić information content (AvgIpc) is 3.78. The predicted octanol–water partition coefficient (Wildman–Crippen LogP) is 4.92. The summed E-state index contributed by atoms with van der Waals surface area (Å²) in [5.74, 6) is 0.113. The van der Waals surface area contributed by atoms with Gasteiger partial charge in [-0.1, -0.05) is 25.1 Å². The number of carbonyl (C=O) groups is 1. The van der Waals surface area contributed by atoms with Crippen LogP contribution >= 0.6 is 0 Å². The van der Waals surface area contributed by atoms with Crippen molar-refractivity contribution in [2.75, 3.05) is 44.8 Å². The van der Waals surface area contributed by atoms with Crippen LogP contribution in [0.1, 0.15) is 51.0 Å². The van der Waals surface area contributed by atoms with Crippen LogP contribution < -0.4 is 20.3 Å². The van der Waals surface area contributed by atoms with Gasteiger partial charge in [-0.15, -0.1) is 0 Å². The van der Waals surface area contributed by atoms with Gasteiger partial charge in [0.1, 0.15) is 36.0 Å². The summed E-state index contributed by atoms with van der Waals surface area (Å²) in [4.78, 5) is 30.7. The summed E-state index contributed by atoms with van der Waals surface area (Å²) in [7, 11) is 1.56. The van der Waals surface area contributed by atoms with Crippen LogP contribution in [0.15, 0.2) is 36.5 Å². The lowest BCUT2D eigenvalue weighted by Gasteiger charge is -2.35. The summed E-state index contributed by atoms with van der Waals surface area (Å²) < 4.78 is 28.8. The van der Waals surface area contributed by atoms with Crippen molar-refractivity contribution in [2.24, 2.45) is 0 Å². The number of alkyl carbamates (subject to hydrolysis) is 1. The molecule has 0 radical (unpaired) electrons. The van der Waals surface area contributed by atoms with Crippen molar-refractivity contribution in [3.63, 3.8) is 0 Å². The fourth-order valence-electron chi connectivity index (χ4n) is 8.69. The van der Waals surface area contributed by atoms with E-state index in [4.69, 9.17) is 19.4 Å². The van der Waals surface area contributed by atoms with Crippen LogP contribution in [0.5, 0.6) is 11.8 Å². The van der Waals surface area contributed by atoms with Crippen LogP contribution in [0, 0.1) is 5.82 Å². The number of pyridine rings is 1. The molecule has 6 heterocycles. The fourth-order valence-corrected chi connectivity index (χ4v) is 8.69. The Morgan fingerprint density at radius 2 is 2.00 bits per heavy atom. The molecule has 4 aromatic rings. The fraction of sp³-hybridized carbons (Fsp3) is 0.500. The molecule has 4 saturated heterocycles. The largest absolute Gasteiger partial charge is 0.508 e. The minimum Gasteiger partial charge on any atom is -0.508 e. The lowest BCUT2D eigenvalue weighted by atomic mass is 9.95. The van der Waals surface area contributed by atoms with Gasteiger partial charge in [0, 0.05) is 50.0 Å². The minimum absolute atomic E-state index is 0.0479. The van der Waals surface area contributed by atoms with Crippen molar-refractivity contribution < 1.29 is 23.8 Å². The first-order valence-corrected chi connectivity index (χ1v) is 17.2. The average molecular weight is 656 g/mol. The van der Waals surface area contributed by atoms with Crippen LogP contribution in [0.2, 0.25) is 0 Å². The molecule has 2 aromatic carbocycles. The first-order valence-electron chi connectivity index (χ1n) is 17.2. The zero-order valence-corrected chi connectivity index (χ0v) is 27.5. The van der Waals surface area contributed by atoms with E-state index in [1.807, 2.05) is 18.2 Å². The highest BCUT2D eigenvalue weighted by Gasteiger charge is 2.50. The second kappa shape index (κ2) is 12.3. The highest BCUT2D eigenvalue weighted by atomic mass is 19.1. The normalized spacial score (nSPS) is 25.1. The van der Waals surface area contributed by atoms with E-state index in [0.29, 0.717) is 42.1 Å². The maximum atomic E-state index is 17.0. The van der Waals surface area contributed by atoms with Gasteiger partial charge >= 0.3 is 12.1 Å². The molecule has 1 amide bonds. The van der Waals surface area contributed by atoms with Gasteiger partial charge < -0.3 is 30.1 Å². The summed E-state index contributed by atoms with van der Waals surface area (Å²) in [5, 5.41) is 19.1. The van der Waals surface area contributed by atoms with E-state index in [9.17, 15) is 9.90 Å². The van der Waals surface area contributed by atoms with Crippen LogP contribution in [0.3, 0.4) is 0 Å². The van der Waals surface area contributed by atoms with Gasteiger partial charge in [0.2, 0.25) is 0 Å². The number of phenolic OH excluding ortho intramolecular Hbond substituents is 1. The summed E-state index contributed by atoms with van der Waals surface area (Å²) in [6, 6.07) is 10.1. The summed E-state index contributed by atoms with van der Waals surface area (Å²) >= 11 is 0. The number of nitrogens with zero attached hydrogens (tertiary/aromatic N) is 5. The van der Waals surface area contributed by atoms with Crippen molar-refractivity contribution in [2.45, 2.75) is 75.5 Å². The SMILES string of the molecule is CCc1cccc2cc(O)cc(-c3ncc4c(N5CC6CCC(C5)N6)nc(OC[C@]56CCCN5C(COC(=O)NC)CC6)nc4c3F)c12. The Balaban J connectivity index is 1.19. The number of phenols is 1. The molecule has 2 aromatic heterocycles. The van der Waals surface area contributed by atoms with E-state index in [0.717, 1.165) is 80.9 Å². The maximum Gasteiger partial charge on any atom is 0.406 e. The highest BCUT2D eigenvalue weighted by molar-refractivity contribution is 6.01. The van der Waals surface area contributed by atoms with Gasteiger partial charge in [-0.05, 0) is 80.0 Å². The number of fused-ring (bicyclic) bond motifs is 5. The number of piperazine rings is 1. The maximum absolute atomic E-state index is 17.0. The van der Waals surface area contributed by atoms with E-state index in [2.05, 4.69) is 32.3 Å². The van der Waals surface area contributed by atoms with Gasteiger partial charge in [-0.3, -0.25) is 9.88 Å². The number of halogens is 1. The number of hydrogen-bond acceptors (Lipinski definition) is 10. The van der Waals surface area contributed by atoms with Crippen LogP contribution in [0.4, 0.5) is 15.0 Å². The van der Waals surface area contributed by atoms with Gasteiger partial charge in [0.25, 0.3) is 0 Å².